The van der Waals surface area contributed by atoms with Gasteiger partial charge in [-0.2, -0.15) is 0 Å². The van der Waals surface area contributed by atoms with Gasteiger partial charge in [0.05, 0.1) is 11.4 Å². The molecule has 10 aromatic carbocycles. The van der Waals surface area contributed by atoms with Crippen LogP contribution in [0.4, 0.5) is 34.1 Å². The van der Waals surface area contributed by atoms with Crippen LogP contribution in [0.25, 0.3) is 54.6 Å². The van der Waals surface area contributed by atoms with E-state index in [0.717, 1.165) is 0 Å². The van der Waals surface area contributed by atoms with Gasteiger partial charge >= 0.3 is 0 Å². The van der Waals surface area contributed by atoms with Crippen LogP contribution < -0.4 is 9.80 Å². The van der Waals surface area contributed by atoms with Crippen LogP contribution in [0.15, 0.2) is 194 Å². The van der Waals surface area contributed by atoms with Gasteiger partial charge in [-0.25, -0.2) is 0 Å². The van der Waals surface area contributed by atoms with E-state index >= 15 is 0 Å². The summed E-state index contributed by atoms with van der Waals surface area (Å²) in [5.74, 6) is 1.20. The van der Waals surface area contributed by atoms with Crippen LogP contribution in [0.1, 0.15) is 98.3 Å². The van der Waals surface area contributed by atoms with Crippen LogP contribution in [0.2, 0.25) is 0 Å². The smallest absolute Gasteiger partial charge is 0.0540 e. The Kier molecular flexibility index (Phi) is 11.3. The zero-order valence-corrected chi connectivity index (χ0v) is 39.6. The van der Waals surface area contributed by atoms with E-state index in [4.69, 9.17) is 0 Å². The first-order valence-corrected chi connectivity index (χ1v) is 25.4. The summed E-state index contributed by atoms with van der Waals surface area (Å²) >= 11 is 0. The molecule has 2 nitrogen and oxygen atoms in total. The molecule has 0 spiro atoms. The van der Waals surface area contributed by atoms with Gasteiger partial charge in [-0.15, -0.1) is 0 Å². The second kappa shape index (κ2) is 18.1. The van der Waals surface area contributed by atoms with Gasteiger partial charge in [0.15, 0.2) is 0 Å². The summed E-state index contributed by atoms with van der Waals surface area (Å²) in [7, 11) is 0. The molecule has 0 radical (unpaired) electrons. The zero-order chi connectivity index (χ0) is 45.6. The fourth-order valence-corrected chi connectivity index (χ4v) is 12.3. The molecule has 2 aliphatic rings. The van der Waals surface area contributed by atoms with Gasteiger partial charge < -0.3 is 9.80 Å². The predicted molar refractivity (Wildman–Crippen MR) is 292 cm³/mol. The number of anilines is 6. The lowest BCUT2D eigenvalue weighted by Gasteiger charge is -2.32. The maximum Gasteiger partial charge on any atom is 0.0540 e. The first-order valence-electron chi connectivity index (χ1n) is 25.4. The van der Waals surface area contributed by atoms with Crippen molar-refractivity contribution in [3.8, 4) is 22.3 Å². The van der Waals surface area contributed by atoms with E-state index in [1.807, 2.05) is 0 Å². The van der Waals surface area contributed by atoms with Gasteiger partial charge in [0.1, 0.15) is 0 Å². The van der Waals surface area contributed by atoms with Crippen molar-refractivity contribution in [2.24, 2.45) is 0 Å². The molecule has 0 saturated heterocycles. The lowest BCUT2D eigenvalue weighted by Crippen LogP contribution is -2.14. The Bertz CT molecular complexity index is 3160. The molecular weight excluding hydrogens is 821 g/mol. The minimum absolute atomic E-state index is 0.602. The Labute approximate surface area is 402 Å². The maximum atomic E-state index is 2.57. The Hall–Kier alpha value is -7.16. The predicted octanol–water partition coefficient (Wildman–Crippen LogP) is 19.6. The van der Waals surface area contributed by atoms with Crippen molar-refractivity contribution >= 4 is 66.4 Å². The highest BCUT2D eigenvalue weighted by atomic mass is 15.2. The number of benzene rings is 10. The molecule has 0 aliphatic heterocycles. The molecule has 0 amide bonds. The Morgan fingerprint density at radius 1 is 0.338 bits per heavy atom. The van der Waals surface area contributed by atoms with Crippen molar-refractivity contribution in [1.29, 1.82) is 0 Å². The van der Waals surface area contributed by atoms with Gasteiger partial charge in [0.2, 0.25) is 0 Å². The van der Waals surface area contributed by atoms with Crippen LogP contribution in [-0.4, -0.2) is 0 Å². The Balaban J connectivity index is 1.08. The molecule has 68 heavy (non-hydrogen) atoms. The van der Waals surface area contributed by atoms with Crippen LogP contribution in [0.3, 0.4) is 0 Å². The molecular formula is C66H60N2. The molecule has 2 fully saturated rings. The van der Waals surface area contributed by atoms with Crippen molar-refractivity contribution in [2.45, 2.75) is 89.9 Å². The monoisotopic (exact) mass is 880 g/mol. The van der Waals surface area contributed by atoms with Crippen molar-refractivity contribution < 1.29 is 0 Å². The van der Waals surface area contributed by atoms with Crippen LogP contribution >= 0.6 is 0 Å². The molecule has 2 heteroatoms. The normalized spacial score (nSPS) is 14.8. The molecule has 0 unspecified atom stereocenters. The molecule has 0 heterocycles. The molecule has 12 rings (SSSR count). The highest BCUT2D eigenvalue weighted by Crippen LogP contribution is 2.50. The van der Waals surface area contributed by atoms with E-state index in [-0.39, 0.29) is 0 Å². The Morgan fingerprint density at radius 2 is 0.735 bits per heavy atom. The van der Waals surface area contributed by atoms with Gasteiger partial charge in [0, 0.05) is 33.5 Å². The van der Waals surface area contributed by atoms with Crippen LogP contribution in [-0.2, 0) is 0 Å². The fraction of sp³-hybridized carbons (Fsp3) is 0.212. The average Bonchev–Trinajstić information content (AvgIpc) is 3.41. The number of hydrogen-bond donors (Lipinski definition) is 0. The second-order valence-electron chi connectivity index (χ2n) is 19.8. The van der Waals surface area contributed by atoms with E-state index in [9.17, 15) is 0 Å². The summed E-state index contributed by atoms with van der Waals surface area (Å²) in [6.07, 6.45) is 13.0. The molecule has 2 aliphatic carbocycles. The molecule has 0 aromatic heterocycles. The quantitative estimate of drug-likeness (QED) is 0.126. The van der Waals surface area contributed by atoms with Crippen molar-refractivity contribution in [2.75, 3.05) is 9.80 Å². The minimum Gasteiger partial charge on any atom is -0.310 e. The largest absolute Gasteiger partial charge is 0.310 e. The third-order valence-electron chi connectivity index (χ3n) is 15.8. The molecule has 0 bridgehead atoms. The highest BCUT2D eigenvalue weighted by molar-refractivity contribution is 6.28. The molecule has 10 aromatic rings. The summed E-state index contributed by atoms with van der Waals surface area (Å²) in [6.45, 7) is 4.62. The first-order chi connectivity index (χ1) is 33.6. The lowest BCUT2D eigenvalue weighted by molar-refractivity contribution is 0.443. The van der Waals surface area contributed by atoms with Gasteiger partial charge in [-0.1, -0.05) is 184 Å². The average molecular weight is 881 g/mol. The van der Waals surface area contributed by atoms with Gasteiger partial charge in [-0.3, -0.25) is 0 Å². The topological polar surface area (TPSA) is 6.48 Å². The molecule has 2 saturated carbocycles. The summed E-state index contributed by atoms with van der Waals surface area (Å²) in [6, 6.07) is 73.6. The molecule has 0 N–H and O–H groups in total. The summed E-state index contributed by atoms with van der Waals surface area (Å²) < 4.78 is 0. The van der Waals surface area contributed by atoms with E-state index in [1.54, 1.807) is 0 Å². The zero-order valence-electron chi connectivity index (χ0n) is 39.6. The van der Waals surface area contributed by atoms with E-state index < -0.39 is 0 Å². The van der Waals surface area contributed by atoms with Crippen molar-refractivity contribution in [3.63, 3.8) is 0 Å². The summed E-state index contributed by atoms with van der Waals surface area (Å²) in [4.78, 5) is 5.14. The Morgan fingerprint density at radius 3 is 1.16 bits per heavy atom. The van der Waals surface area contributed by atoms with E-state index in [2.05, 4.69) is 218 Å². The van der Waals surface area contributed by atoms with Crippen molar-refractivity contribution in [3.05, 3.63) is 216 Å². The number of rotatable bonds is 10. The van der Waals surface area contributed by atoms with Crippen LogP contribution in [0.5, 0.6) is 0 Å². The highest BCUT2D eigenvalue weighted by Gasteiger charge is 2.26. The maximum absolute atomic E-state index is 2.57. The molecule has 334 valence electrons. The van der Waals surface area contributed by atoms with Crippen molar-refractivity contribution in [1.82, 2.24) is 0 Å². The van der Waals surface area contributed by atoms with E-state index in [0.29, 0.717) is 11.8 Å². The third kappa shape index (κ3) is 7.61. The standard InChI is InChI=1S/C66H60N2/c1-45-57(49-23-11-5-12-24-49)31-17-33-61(45)67(55-29-15-27-53(43-55)47-19-7-3-8-20-47)63-41-37-51-36-40-60-64(42-38-52-35-39-59(63)65(51)66(52)60)68(56-30-16-28-54(44-56)48-21-9-4-10-22-48)62-34-18-32-58(46(62)2)50-25-13-6-14-26-50/h5-6,11-18,23-44,47-48H,3-4,7-10,19-22H2,1-2H3. The van der Waals surface area contributed by atoms with E-state index in [1.165, 1.54) is 175 Å². The third-order valence-corrected chi connectivity index (χ3v) is 15.8. The van der Waals surface area contributed by atoms with Crippen LogP contribution in [0, 0.1) is 13.8 Å². The summed E-state index contributed by atoms with van der Waals surface area (Å²) in [5.41, 5.74) is 17.7. The fourth-order valence-electron chi connectivity index (χ4n) is 12.3. The number of hydrogen-bond acceptors (Lipinski definition) is 2. The van der Waals surface area contributed by atoms with Gasteiger partial charge in [0.25, 0.3) is 0 Å². The SMILES string of the molecule is Cc1c(-c2ccccc2)cccc1N(c1cccc(C2CCCCC2)c1)c1ccc2ccc3c(N(c4cccc(C5CCCCC5)c4)c4cccc(-c5ccccc5)c4C)ccc4ccc1c2c43. The van der Waals surface area contributed by atoms with Gasteiger partial charge in [-0.05, 0) is 166 Å². The number of nitrogens with zero attached hydrogens (tertiary/aromatic N) is 2. The minimum atomic E-state index is 0.602. The molecule has 0 atom stereocenters. The summed E-state index contributed by atoms with van der Waals surface area (Å²) in [5, 5.41) is 7.68. The second-order valence-corrected chi connectivity index (χ2v) is 19.8. The first kappa shape index (κ1) is 42.2. The lowest BCUT2D eigenvalue weighted by atomic mass is 9.84.